The van der Waals surface area contributed by atoms with Gasteiger partial charge in [-0.15, -0.1) is 0 Å². The lowest BCUT2D eigenvalue weighted by atomic mass is 10.0. The molecule has 1 aromatic rings. The van der Waals surface area contributed by atoms with Crippen LogP contribution >= 0.6 is 0 Å². The number of nitriles is 1. The summed E-state index contributed by atoms with van der Waals surface area (Å²) in [5, 5.41) is 8.81. The van der Waals surface area contributed by atoms with E-state index in [1.807, 2.05) is 24.3 Å². The Morgan fingerprint density at radius 2 is 1.74 bits per heavy atom. The largest absolute Gasteiger partial charge is 0.369 e. The quantitative estimate of drug-likeness (QED) is 0.891. The highest BCUT2D eigenvalue weighted by Crippen LogP contribution is 2.20. The second-order valence-corrected chi connectivity index (χ2v) is 5.65. The van der Waals surface area contributed by atoms with Crippen LogP contribution in [0.4, 0.5) is 5.69 Å². The van der Waals surface area contributed by atoms with Crippen LogP contribution in [-0.2, 0) is 0 Å². The van der Waals surface area contributed by atoms with Crippen LogP contribution in [0.3, 0.4) is 0 Å². The first-order valence-electron chi connectivity index (χ1n) is 6.77. The Morgan fingerprint density at radius 3 is 2.21 bits per heavy atom. The average Bonchev–Trinajstić information content (AvgIpc) is 2.47. The summed E-state index contributed by atoms with van der Waals surface area (Å²) in [7, 11) is 0. The zero-order valence-corrected chi connectivity index (χ0v) is 11.8. The molecule has 4 heteroatoms. The summed E-state index contributed by atoms with van der Waals surface area (Å²) in [6.07, 6.45) is 0. The molecule has 4 nitrogen and oxygen atoms in total. The maximum absolute atomic E-state index is 8.81. The van der Waals surface area contributed by atoms with Crippen molar-refractivity contribution in [3.05, 3.63) is 29.8 Å². The van der Waals surface area contributed by atoms with E-state index in [1.54, 1.807) is 0 Å². The zero-order chi connectivity index (χ0) is 13.9. The number of nitrogens with two attached hydrogens (primary N) is 1. The smallest absolute Gasteiger partial charge is 0.0991 e. The Balaban J connectivity index is 1.98. The minimum Gasteiger partial charge on any atom is -0.369 e. The van der Waals surface area contributed by atoms with Crippen molar-refractivity contribution in [1.82, 2.24) is 4.90 Å². The molecule has 0 bridgehead atoms. The minimum atomic E-state index is 0.0801. The fourth-order valence-corrected chi connectivity index (χ4v) is 2.45. The molecule has 19 heavy (non-hydrogen) atoms. The molecule has 0 aliphatic carbocycles. The number of rotatable bonds is 3. The SMILES string of the molecule is CC(C)(CN)N1CCN(c2ccc(C#N)cc2)CC1. The van der Waals surface area contributed by atoms with Gasteiger partial charge in [-0.1, -0.05) is 0 Å². The van der Waals surface area contributed by atoms with E-state index in [-0.39, 0.29) is 5.54 Å². The first-order chi connectivity index (χ1) is 9.06. The van der Waals surface area contributed by atoms with Crippen LogP contribution in [0.25, 0.3) is 0 Å². The maximum atomic E-state index is 8.81. The van der Waals surface area contributed by atoms with Gasteiger partial charge in [0.25, 0.3) is 0 Å². The predicted octanol–water partition coefficient (Wildman–Crippen LogP) is 1.42. The van der Waals surface area contributed by atoms with Crippen LogP contribution in [0.1, 0.15) is 19.4 Å². The topological polar surface area (TPSA) is 56.3 Å². The molecule has 1 aliphatic heterocycles. The lowest BCUT2D eigenvalue weighted by Gasteiger charge is -2.44. The molecule has 1 aromatic carbocycles. The summed E-state index contributed by atoms with van der Waals surface area (Å²) in [6.45, 7) is 9.16. The van der Waals surface area contributed by atoms with Crippen LogP contribution < -0.4 is 10.6 Å². The molecule has 0 unspecified atom stereocenters. The Bertz CT molecular complexity index is 450. The molecular weight excluding hydrogens is 236 g/mol. The minimum absolute atomic E-state index is 0.0801. The number of nitrogens with zero attached hydrogens (tertiary/aromatic N) is 3. The predicted molar refractivity (Wildman–Crippen MR) is 78.1 cm³/mol. The standard InChI is InChI=1S/C15H22N4/c1-15(2,12-17)19-9-7-18(8-10-19)14-5-3-13(11-16)4-6-14/h3-6H,7-10,12,17H2,1-2H3. The third kappa shape index (κ3) is 3.06. The molecule has 0 aromatic heterocycles. The van der Waals surface area contributed by atoms with Crippen LogP contribution in [0.2, 0.25) is 0 Å². The van der Waals surface area contributed by atoms with Gasteiger partial charge in [-0.3, -0.25) is 4.90 Å². The van der Waals surface area contributed by atoms with Crippen molar-refractivity contribution in [2.24, 2.45) is 5.73 Å². The Hall–Kier alpha value is -1.57. The summed E-state index contributed by atoms with van der Waals surface area (Å²) in [5.74, 6) is 0. The molecule has 0 amide bonds. The Morgan fingerprint density at radius 1 is 1.16 bits per heavy atom. The van der Waals surface area contributed by atoms with Gasteiger partial charge < -0.3 is 10.6 Å². The number of piperazine rings is 1. The summed E-state index contributed by atoms with van der Waals surface area (Å²) in [4.78, 5) is 4.82. The molecule has 0 radical (unpaired) electrons. The summed E-state index contributed by atoms with van der Waals surface area (Å²) in [6, 6.07) is 9.97. The fourth-order valence-electron chi connectivity index (χ4n) is 2.45. The summed E-state index contributed by atoms with van der Waals surface area (Å²) < 4.78 is 0. The van der Waals surface area contributed by atoms with Crippen molar-refractivity contribution >= 4 is 5.69 Å². The first-order valence-corrected chi connectivity index (χ1v) is 6.77. The zero-order valence-electron chi connectivity index (χ0n) is 11.8. The van der Waals surface area contributed by atoms with Gasteiger partial charge in [0.15, 0.2) is 0 Å². The molecule has 1 aliphatic rings. The van der Waals surface area contributed by atoms with E-state index in [0.717, 1.165) is 26.2 Å². The Labute approximate surface area is 115 Å². The van der Waals surface area contributed by atoms with E-state index >= 15 is 0 Å². The molecular formula is C15H22N4. The molecule has 2 N–H and O–H groups in total. The van der Waals surface area contributed by atoms with Gasteiger partial charge in [0.2, 0.25) is 0 Å². The van der Waals surface area contributed by atoms with E-state index in [4.69, 9.17) is 11.0 Å². The average molecular weight is 258 g/mol. The number of benzene rings is 1. The molecule has 0 spiro atoms. The van der Waals surface area contributed by atoms with Crippen LogP contribution in [0.5, 0.6) is 0 Å². The highest BCUT2D eigenvalue weighted by Gasteiger charge is 2.28. The van der Waals surface area contributed by atoms with Gasteiger partial charge in [-0.2, -0.15) is 5.26 Å². The number of hydrogen-bond acceptors (Lipinski definition) is 4. The van der Waals surface area contributed by atoms with Gasteiger partial charge in [0.1, 0.15) is 0 Å². The van der Waals surface area contributed by atoms with Crippen LogP contribution in [0, 0.1) is 11.3 Å². The molecule has 1 heterocycles. The van der Waals surface area contributed by atoms with Gasteiger partial charge in [0.05, 0.1) is 11.6 Å². The van der Waals surface area contributed by atoms with Gasteiger partial charge in [0, 0.05) is 44.0 Å². The summed E-state index contributed by atoms with van der Waals surface area (Å²) >= 11 is 0. The van der Waals surface area contributed by atoms with Crippen molar-refractivity contribution in [3.8, 4) is 6.07 Å². The Kier molecular flexibility index (Phi) is 4.08. The third-order valence-corrected chi connectivity index (χ3v) is 4.00. The second-order valence-electron chi connectivity index (χ2n) is 5.65. The van der Waals surface area contributed by atoms with Crippen molar-refractivity contribution in [3.63, 3.8) is 0 Å². The molecule has 1 fully saturated rings. The molecule has 1 saturated heterocycles. The van der Waals surface area contributed by atoms with Crippen LogP contribution in [-0.4, -0.2) is 43.2 Å². The lowest BCUT2D eigenvalue weighted by Crippen LogP contribution is -2.57. The fraction of sp³-hybridized carbons (Fsp3) is 0.533. The van der Waals surface area contributed by atoms with Crippen LogP contribution in [0.15, 0.2) is 24.3 Å². The normalized spacial score (nSPS) is 17.3. The second kappa shape index (κ2) is 5.60. The van der Waals surface area contributed by atoms with E-state index in [1.165, 1.54) is 5.69 Å². The highest BCUT2D eigenvalue weighted by atomic mass is 15.3. The monoisotopic (exact) mass is 258 g/mol. The highest BCUT2D eigenvalue weighted by molar-refractivity contribution is 5.50. The molecule has 2 rings (SSSR count). The van der Waals surface area contributed by atoms with E-state index in [2.05, 4.69) is 29.7 Å². The van der Waals surface area contributed by atoms with Crippen molar-refractivity contribution < 1.29 is 0 Å². The van der Waals surface area contributed by atoms with Crippen molar-refractivity contribution in [1.29, 1.82) is 5.26 Å². The van der Waals surface area contributed by atoms with E-state index in [9.17, 15) is 0 Å². The van der Waals surface area contributed by atoms with Gasteiger partial charge in [-0.05, 0) is 38.1 Å². The van der Waals surface area contributed by atoms with E-state index in [0.29, 0.717) is 12.1 Å². The third-order valence-electron chi connectivity index (χ3n) is 4.00. The lowest BCUT2D eigenvalue weighted by molar-refractivity contribution is 0.119. The van der Waals surface area contributed by atoms with Crippen molar-refractivity contribution in [2.45, 2.75) is 19.4 Å². The molecule has 102 valence electrons. The maximum Gasteiger partial charge on any atom is 0.0991 e. The molecule has 0 saturated carbocycles. The number of hydrogen-bond donors (Lipinski definition) is 1. The van der Waals surface area contributed by atoms with E-state index < -0.39 is 0 Å². The summed E-state index contributed by atoms with van der Waals surface area (Å²) in [5.41, 5.74) is 7.82. The number of anilines is 1. The molecule has 0 atom stereocenters. The van der Waals surface area contributed by atoms with Crippen molar-refractivity contribution in [2.75, 3.05) is 37.6 Å². The van der Waals surface area contributed by atoms with Gasteiger partial charge >= 0.3 is 0 Å². The first kappa shape index (κ1) is 13.9. The van der Waals surface area contributed by atoms with Gasteiger partial charge in [-0.25, -0.2) is 0 Å².